The molecule has 0 radical (unpaired) electrons. The number of aromatic nitrogens is 1. The number of methoxy groups -OCH3 is 1. The van der Waals surface area contributed by atoms with Crippen molar-refractivity contribution in [1.29, 1.82) is 0 Å². The van der Waals surface area contributed by atoms with E-state index in [9.17, 15) is 0 Å². The van der Waals surface area contributed by atoms with E-state index in [0.717, 1.165) is 5.56 Å². The third-order valence-corrected chi connectivity index (χ3v) is 1.88. The Hall–Kier alpha value is -0.960. The molecule has 1 aromatic rings. The molecule has 60 valence electrons. The van der Waals surface area contributed by atoms with Crippen molar-refractivity contribution < 1.29 is 4.74 Å². The summed E-state index contributed by atoms with van der Waals surface area (Å²) in [6, 6.07) is 0. The minimum Gasteiger partial charge on any atom is -0.479 e. The number of hydrogen-bond donors (Lipinski definition) is 1. The van der Waals surface area contributed by atoms with Crippen LogP contribution in [0.1, 0.15) is 5.56 Å². The van der Waals surface area contributed by atoms with E-state index < -0.39 is 0 Å². The second-order valence-corrected chi connectivity index (χ2v) is 2.56. The van der Waals surface area contributed by atoms with E-state index in [1.807, 2.05) is 6.92 Å². The normalized spacial score (nSPS) is 9.73. The lowest BCUT2D eigenvalue weighted by Crippen LogP contribution is -1.97. The van der Waals surface area contributed by atoms with Gasteiger partial charge in [-0.25, -0.2) is 4.98 Å². The fourth-order valence-electron chi connectivity index (χ4n) is 0.751. The average Bonchev–Trinajstić information content (AvgIpc) is 2.01. The SMILES string of the molecule is COc1ncc(C)c(Cl)c1N. The van der Waals surface area contributed by atoms with Crippen LogP contribution in [-0.2, 0) is 0 Å². The van der Waals surface area contributed by atoms with Crippen LogP contribution >= 0.6 is 11.6 Å². The summed E-state index contributed by atoms with van der Waals surface area (Å²) in [5.41, 5.74) is 6.82. The molecule has 0 spiro atoms. The van der Waals surface area contributed by atoms with Crippen LogP contribution in [0.25, 0.3) is 0 Å². The first kappa shape index (κ1) is 8.14. The van der Waals surface area contributed by atoms with E-state index in [-0.39, 0.29) is 0 Å². The lowest BCUT2D eigenvalue weighted by molar-refractivity contribution is 0.400. The molecule has 0 saturated heterocycles. The molecule has 11 heavy (non-hydrogen) atoms. The van der Waals surface area contributed by atoms with Crippen LogP contribution in [0, 0.1) is 6.92 Å². The van der Waals surface area contributed by atoms with E-state index in [0.29, 0.717) is 16.6 Å². The van der Waals surface area contributed by atoms with Gasteiger partial charge >= 0.3 is 0 Å². The van der Waals surface area contributed by atoms with Gasteiger partial charge in [0.05, 0.1) is 12.1 Å². The molecule has 1 rings (SSSR count). The quantitative estimate of drug-likeness (QED) is 0.701. The second kappa shape index (κ2) is 2.96. The Morgan fingerprint density at radius 2 is 2.27 bits per heavy atom. The number of rotatable bonds is 1. The summed E-state index contributed by atoms with van der Waals surface area (Å²) < 4.78 is 4.86. The molecule has 2 N–H and O–H groups in total. The number of ether oxygens (including phenoxy) is 1. The molecular formula is C7H9ClN2O. The lowest BCUT2D eigenvalue weighted by Gasteiger charge is -2.05. The van der Waals surface area contributed by atoms with Crippen LogP contribution in [0.3, 0.4) is 0 Å². The Labute approximate surface area is 70.1 Å². The monoisotopic (exact) mass is 172 g/mol. The molecule has 0 bridgehead atoms. The summed E-state index contributed by atoms with van der Waals surface area (Å²) in [4.78, 5) is 3.93. The van der Waals surface area contributed by atoms with E-state index >= 15 is 0 Å². The van der Waals surface area contributed by atoms with Crippen LogP contribution in [0.15, 0.2) is 6.20 Å². The first-order valence-corrected chi connectivity index (χ1v) is 3.49. The van der Waals surface area contributed by atoms with Crippen LogP contribution in [0.4, 0.5) is 5.69 Å². The van der Waals surface area contributed by atoms with Crippen molar-refractivity contribution in [2.24, 2.45) is 0 Å². The van der Waals surface area contributed by atoms with Gasteiger partial charge in [0.15, 0.2) is 0 Å². The molecule has 0 fully saturated rings. The van der Waals surface area contributed by atoms with Crippen LogP contribution < -0.4 is 10.5 Å². The molecule has 0 aliphatic heterocycles. The number of aryl methyl sites for hydroxylation is 1. The van der Waals surface area contributed by atoms with Crippen molar-refractivity contribution in [3.63, 3.8) is 0 Å². The third kappa shape index (κ3) is 1.38. The second-order valence-electron chi connectivity index (χ2n) is 2.18. The maximum Gasteiger partial charge on any atom is 0.238 e. The standard InChI is InChI=1S/C7H9ClN2O/c1-4-3-10-7(11-2)6(9)5(4)8/h3H,9H2,1-2H3. The molecule has 0 amide bonds. The fourth-order valence-corrected chi connectivity index (χ4v) is 0.880. The molecule has 0 aromatic carbocycles. The Morgan fingerprint density at radius 3 is 2.82 bits per heavy atom. The Balaban J connectivity index is 3.25. The molecule has 0 aliphatic carbocycles. The van der Waals surface area contributed by atoms with Gasteiger partial charge in [0.2, 0.25) is 5.88 Å². The first-order valence-electron chi connectivity index (χ1n) is 3.11. The Bertz CT molecular complexity index is 275. The highest BCUT2D eigenvalue weighted by molar-refractivity contribution is 6.34. The fraction of sp³-hybridized carbons (Fsp3) is 0.286. The molecule has 1 aromatic heterocycles. The van der Waals surface area contributed by atoms with Crippen LogP contribution in [0.2, 0.25) is 5.02 Å². The van der Waals surface area contributed by atoms with E-state index in [1.54, 1.807) is 6.20 Å². The smallest absolute Gasteiger partial charge is 0.238 e. The van der Waals surface area contributed by atoms with Crippen molar-refractivity contribution in [2.75, 3.05) is 12.8 Å². The predicted molar refractivity (Wildman–Crippen MR) is 44.9 cm³/mol. The number of nitrogens with zero attached hydrogens (tertiary/aromatic N) is 1. The molecule has 0 unspecified atom stereocenters. The van der Waals surface area contributed by atoms with E-state index in [2.05, 4.69) is 4.98 Å². The summed E-state index contributed by atoms with van der Waals surface area (Å²) in [7, 11) is 1.50. The van der Waals surface area contributed by atoms with Gasteiger partial charge in [0.1, 0.15) is 5.69 Å². The molecule has 3 nitrogen and oxygen atoms in total. The zero-order valence-corrected chi connectivity index (χ0v) is 7.14. The highest BCUT2D eigenvalue weighted by Gasteiger charge is 2.06. The van der Waals surface area contributed by atoms with Gasteiger partial charge in [-0.1, -0.05) is 11.6 Å². The number of nitrogen functional groups attached to an aromatic ring is 1. The number of halogens is 1. The summed E-state index contributed by atoms with van der Waals surface area (Å²) in [6.45, 7) is 1.84. The number of hydrogen-bond acceptors (Lipinski definition) is 3. The highest BCUT2D eigenvalue weighted by atomic mass is 35.5. The molecule has 1 heterocycles. The maximum absolute atomic E-state index is 5.82. The van der Waals surface area contributed by atoms with Crippen molar-refractivity contribution in [2.45, 2.75) is 6.92 Å². The van der Waals surface area contributed by atoms with Gasteiger partial charge in [-0.15, -0.1) is 0 Å². The third-order valence-electron chi connectivity index (χ3n) is 1.38. The predicted octanol–water partition coefficient (Wildman–Crippen LogP) is 1.63. The zero-order valence-electron chi connectivity index (χ0n) is 6.39. The highest BCUT2D eigenvalue weighted by Crippen LogP contribution is 2.28. The summed E-state index contributed by atoms with van der Waals surface area (Å²) >= 11 is 5.82. The summed E-state index contributed by atoms with van der Waals surface area (Å²) in [5, 5.41) is 0.511. The Morgan fingerprint density at radius 1 is 1.64 bits per heavy atom. The van der Waals surface area contributed by atoms with Crippen molar-refractivity contribution in [3.05, 3.63) is 16.8 Å². The van der Waals surface area contributed by atoms with E-state index in [1.165, 1.54) is 7.11 Å². The van der Waals surface area contributed by atoms with Gasteiger partial charge < -0.3 is 10.5 Å². The zero-order chi connectivity index (χ0) is 8.43. The van der Waals surface area contributed by atoms with Crippen LogP contribution in [-0.4, -0.2) is 12.1 Å². The maximum atomic E-state index is 5.82. The minimum absolute atomic E-state index is 0.376. The number of pyridine rings is 1. The first-order chi connectivity index (χ1) is 5.16. The lowest BCUT2D eigenvalue weighted by atomic mass is 10.3. The van der Waals surface area contributed by atoms with Gasteiger partial charge in [-0.05, 0) is 12.5 Å². The minimum atomic E-state index is 0.376. The van der Waals surface area contributed by atoms with Crippen molar-refractivity contribution in [3.8, 4) is 5.88 Å². The van der Waals surface area contributed by atoms with E-state index in [4.69, 9.17) is 22.1 Å². The van der Waals surface area contributed by atoms with Crippen molar-refractivity contribution in [1.82, 2.24) is 4.98 Å². The van der Waals surface area contributed by atoms with Gasteiger partial charge in [0.25, 0.3) is 0 Å². The average molecular weight is 173 g/mol. The Kier molecular flexibility index (Phi) is 2.19. The molecule has 0 atom stereocenters. The summed E-state index contributed by atoms with van der Waals surface area (Å²) in [5.74, 6) is 0.376. The van der Waals surface area contributed by atoms with Crippen LogP contribution in [0.5, 0.6) is 5.88 Å². The molecule has 0 aliphatic rings. The molecule has 0 saturated carbocycles. The number of anilines is 1. The molecular weight excluding hydrogens is 164 g/mol. The topological polar surface area (TPSA) is 48.1 Å². The summed E-state index contributed by atoms with van der Waals surface area (Å²) in [6.07, 6.45) is 1.62. The largest absolute Gasteiger partial charge is 0.479 e. The van der Waals surface area contributed by atoms with Gasteiger partial charge in [-0.3, -0.25) is 0 Å². The number of nitrogens with two attached hydrogens (primary N) is 1. The van der Waals surface area contributed by atoms with Crippen molar-refractivity contribution >= 4 is 17.3 Å². The van der Waals surface area contributed by atoms with Gasteiger partial charge in [-0.2, -0.15) is 0 Å². The van der Waals surface area contributed by atoms with Gasteiger partial charge in [0, 0.05) is 6.20 Å². The molecule has 4 heteroatoms.